The molecular weight excluding hydrogens is 190 g/mol. The molecule has 0 spiro atoms. The Balaban J connectivity index is 2.75. The smallest absolute Gasteiger partial charge is 0.0964 e. The van der Waals surface area contributed by atoms with Crippen LogP contribution in [0.1, 0.15) is 35.9 Å². The van der Waals surface area contributed by atoms with Crippen LogP contribution in [0.5, 0.6) is 0 Å². The number of aromatic nitrogens is 1. The topological polar surface area (TPSA) is 12.9 Å². The Labute approximate surface area is 88.8 Å². The molecule has 74 valence electrons. The van der Waals surface area contributed by atoms with E-state index in [4.69, 9.17) is 4.98 Å². The average Bonchev–Trinajstić information content (AvgIpc) is 2.57. The Morgan fingerprint density at radius 2 is 1.79 bits per heavy atom. The molecule has 0 bridgehead atoms. The summed E-state index contributed by atoms with van der Waals surface area (Å²) in [6, 6.07) is 4.33. The fourth-order valence-corrected chi connectivity index (χ4v) is 2.64. The predicted molar refractivity (Wildman–Crippen MR) is 63.2 cm³/mol. The SMILES string of the molecule is Cc1ccc(C)c2sc(C(C)C)nc12. The molecule has 0 saturated heterocycles. The second kappa shape index (κ2) is 3.35. The fourth-order valence-electron chi connectivity index (χ4n) is 1.52. The number of hydrogen-bond acceptors (Lipinski definition) is 2. The van der Waals surface area contributed by atoms with E-state index in [9.17, 15) is 0 Å². The van der Waals surface area contributed by atoms with Crippen LogP contribution in [-0.4, -0.2) is 4.98 Å². The summed E-state index contributed by atoms with van der Waals surface area (Å²) >= 11 is 1.84. The molecule has 14 heavy (non-hydrogen) atoms. The van der Waals surface area contributed by atoms with Crippen LogP contribution >= 0.6 is 11.3 Å². The van der Waals surface area contributed by atoms with Crippen molar-refractivity contribution < 1.29 is 0 Å². The van der Waals surface area contributed by atoms with E-state index in [1.54, 1.807) is 0 Å². The maximum absolute atomic E-state index is 4.69. The van der Waals surface area contributed by atoms with Crippen molar-refractivity contribution in [3.63, 3.8) is 0 Å². The van der Waals surface area contributed by atoms with Crippen LogP contribution in [0.3, 0.4) is 0 Å². The Kier molecular flexibility index (Phi) is 2.31. The van der Waals surface area contributed by atoms with Gasteiger partial charge in [-0.15, -0.1) is 11.3 Å². The number of thiazole rings is 1. The van der Waals surface area contributed by atoms with Gasteiger partial charge >= 0.3 is 0 Å². The third-order valence-corrected chi connectivity index (χ3v) is 3.94. The van der Waals surface area contributed by atoms with Gasteiger partial charge in [0, 0.05) is 5.92 Å². The summed E-state index contributed by atoms with van der Waals surface area (Å²) in [5, 5.41) is 1.25. The van der Waals surface area contributed by atoms with Gasteiger partial charge in [0.2, 0.25) is 0 Å². The van der Waals surface area contributed by atoms with Gasteiger partial charge in [0.1, 0.15) is 0 Å². The van der Waals surface area contributed by atoms with Gasteiger partial charge in [0.25, 0.3) is 0 Å². The van der Waals surface area contributed by atoms with Gasteiger partial charge in [0.15, 0.2) is 0 Å². The van der Waals surface area contributed by atoms with Crippen LogP contribution in [0.4, 0.5) is 0 Å². The summed E-state index contributed by atoms with van der Waals surface area (Å²) in [6.07, 6.45) is 0. The maximum atomic E-state index is 4.69. The van der Waals surface area contributed by atoms with E-state index in [-0.39, 0.29) is 0 Å². The summed E-state index contributed by atoms with van der Waals surface area (Å²) in [7, 11) is 0. The highest BCUT2D eigenvalue weighted by atomic mass is 32.1. The van der Waals surface area contributed by atoms with Crippen LogP contribution in [0.2, 0.25) is 0 Å². The number of aryl methyl sites for hydroxylation is 2. The summed E-state index contributed by atoms with van der Waals surface area (Å²) in [6.45, 7) is 8.68. The number of rotatable bonds is 1. The first-order valence-electron chi connectivity index (χ1n) is 4.96. The average molecular weight is 205 g/mol. The molecule has 0 radical (unpaired) electrons. The van der Waals surface area contributed by atoms with Gasteiger partial charge in [-0.05, 0) is 25.0 Å². The fraction of sp³-hybridized carbons (Fsp3) is 0.417. The van der Waals surface area contributed by atoms with Gasteiger partial charge in [-0.1, -0.05) is 26.0 Å². The minimum absolute atomic E-state index is 0.534. The first-order chi connectivity index (χ1) is 6.59. The van der Waals surface area contributed by atoms with E-state index in [1.165, 1.54) is 26.4 Å². The molecule has 0 fully saturated rings. The van der Waals surface area contributed by atoms with E-state index in [0.29, 0.717) is 5.92 Å². The normalized spacial score (nSPS) is 11.5. The Morgan fingerprint density at radius 1 is 1.14 bits per heavy atom. The van der Waals surface area contributed by atoms with Gasteiger partial charge in [-0.2, -0.15) is 0 Å². The molecule has 0 N–H and O–H groups in total. The van der Waals surface area contributed by atoms with Gasteiger partial charge in [-0.3, -0.25) is 0 Å². The van der Waals surface area contributed by atoms with Crippen LogP contribution in [0.15, 0.2) is 12.1 Å². The summed E-state index contributed by atoms with van der Waals surface area (Å²) in [5.74, 6) is 0.534. The van der Waals surface area contributed by atoms with Crippen molar-refractivity contribution in [2.45, 2.75) is 33.6 Å². The molecule has 0 aliphatic carbocycles. The Morgan fingerprint density at radius 3 is 2.36 bits per heavy atom. The zero-order chi connectivity index (χ0) is 10.3. The monoisotopic (exact) mass is 205 g/mol. The quantitative estimate of drug-likeness (QED) is 0.684. The number of benzene rings is 1. The summed E-state index contributed by atoms with van der Waals surface area (Å²) in [4.78, 5) is 4.69. The third-order valence-electron chi connectivity index (χ3n) is 2.45. The molecular formula is C12H15NS. The van der Waals surface area contributed by atoms with Gasteiger partial charge < -0.3 is 0 Å². The van der Waals surface area contributed by atoms with E-state index < -0.39 is 0 Å². The van der Waals surface area contributed by atoms with Crippen LogP contribution in [0, 0.1) is 13.8 Å². The van der Waals surface area contributed by atoms with Crippen molar-refractivity contribution in [3.8, 4) is 0 Å². The minimum atomic E-state index is 0.534. The lowest BCUT2D eigenvalue weighted by Crippen LogP contribution is -1.84. The molecule has 2 aromatic rings. The molecule has 0 aliphatic heterocycles. The van der Waals surface area contributed by atoms with Crippen molar-refractivity contribution in [2.75, 3.05) is 0 Å². The van der Waals surface area contributed by atoms with Gasteiger partial charge in [-0.25, -0.2) is 4.98 Å². The lowest BCUT2D eigenvalue weighted by molar-refractivity contribution is 0.856. The molecule has 0 unspecified atom stereocenters. The zero-order valence-electron chi connectivity index (χ0n) is 9.09. The highest BCUT2D eigenvalue weighted by molar-refractivity contribution is 7.18. The lowest BCUT2D eigenvalue weighted by atomic mass is 10.1. The van der Waals surface area contributed by atoms with Crippen LogP contribution < -0.4 is 0 Å². The zero-order valence-corrected chi connectivity index (χ0v) is 9.90. The molecule has 1 aromatic heterocycles. The molecule has 0 atom stereocenters. The molecule has 1 aromatic carbocycles. The molecule has 2 rings (SSSR count). The maximum Gasteiger partial charge on any atom is 0.0964 e. The third kappa shape index (κ3) is 1.44. The molecule has 2 heteroatoms. The molecule has 1 heterocycles. The largest absolute Gasteiger partial charge is 0.241 e. The first kappa shape index (κ1) is 9.66. The lowest BCUT2D eigenvalue weighted by Gasteiger charge is -1.96. The second-order valence-electron chi connectivity index (χ2n) is 4.08. The molecule has 0 saturated carbocycles. The standard InChI is InChI=1S/C12H15NS/c1-7(2)12-13-10-8(3)5-6-9(4)11(10)14-12/h5-7H,1-4H3. The van der Waals surface area contributed by atoms with E-state index >= 15 is 0 Å². The number of nitrogens with zero attached hydrogens (tertiary/aromatic N) is 1. The van der Waals surface area contributed by atoms with Crippen molar-refractivity contribution in [1.29, 1.82) is 0 Å². The first-order valence-corrected chi connectivity index (χ1v) is 5.78. The Bertz CT molecular complexity index is 429. The highest BCUT2D eigenvalue weighted by Crippen LogP contribution is 2.31. The highest BCUT2D eigenvalue weighted by Gasteiger charge is 2.10. The second-order valence-corrected chi connectivity index (χ2v) is 5.11. The Hall–Kier alpha value is -0.890. The van der Waals surface area contributed by atoms with Crippen LogP contribution in [0.25, 0.3) is 10.2 Å². The van der Waals surface area contributed by atoms with Crippen LogP contribution in [-0.2, 0) is 0 Å². The molecule has 0 aliphatic rings. The molecule has 1 nitrogen and oxygen atoms in total. The van der Waals surface area contributed by atoms with E-state index in [1.807, 2.05) is 11.3 Å². The van der Waals surface area contributed by atoms with Crippen molar-refractivity contribution >= 4 is 21.6 Å². The van der Waals surface area contributed by atoms with Gasteiger partial charge in [0.05, 0.1) is 15.2 Å². The molecule has 0 amide bonds. The van der Waals surface area contributed by atoms with E-state index in [2.05, 4.69) is 39.8 Å². The number of hydrogen-bond donors (Lipinski definition) is 0. The van der Waals surface area contributed by atoms with Crippen molar-refractivity contribution in [3.05, 3.63) is 28.3 Å². The van der Waals surface area contributed by atoms with Crippen molar-refractivity contribution in [2.24, 2.45) is 0 Å². The summed E-state index contributed by atoms with van der Waals surface area (Å²) in [5.41, 5.74) is 3.82. The predicted octanol–water partition coefficient (Wildman–Crippen LogP) is 4.04. The minimum Gasteiger partial charge on any atom is -0.241 e. The number of fused-ring (bicyclic) bond motifs is 1. The van der Waals surface area contributed by atoms with Crippen molar-refractivity contribution in [1.82, 2.24) is 4.98 Å². The van der Waals surface area contributed by atoms with E-state index in [0.717, 1.165) is 0 Å². The summed E-state index contributed by atoms with van der Waals surface area (Å²) < 4.78 is 1.36.